The minimum atomic E-state index is -1.31. The topological polar surface area (TPSA) is 91.3 Å². The van der Waals surface area contributed by atoms with Gasteiger partial charge in [0.1, 0.15) is 17.7 Å². The summed E-state index contributed by atoms with van der Waals surface area (Å²) in [5, 5.41) is 11.1. The molecule has 4 aromatic rings. The van der Waals surface area contributed by atoms with Crippen molar-refractivity contribution in [3.05, 3.63) is 110 Å². The van der Waals surface area contributed by atoms with Crippen LogP contribution >= 0.6 is 0 Å². The second kappa shape index (κ2) is 9.11. The molecule has 0 radical (unpaired) electrons. The predicted molar refractivity (Wildman–Crippen MR) is 125 cm³/mol. The molecular formula is C25H25FN4O4. The van der Waals surface area contributed by atoms with E-state index in [1.165, 1.54) is 49.2 Å². The number of rotatable bonds is 6. The molecular weight excluding hydrogens is 439 g/mol. The number of aliphatic hydroxyl groups is 1. The van der Waals surface area contributed by atoms with E-state index in [0.29, 0.717) is 16.9 Å². The summed E-state index contributed by atoms with van der Waals surface area (Å²) in [7, 11) is 3.03. The van der Waals surface area contributed by atoms with Crippen molar-refractivity contribution in [2.45, 2.75) is 26.0 Å². The number of aromatic nitrogens is 4. The molecule has 1 N–H and O–H groups in total. The molecule has 2 heterocycles. The average Bonchev–Trinajstić information content (AvgIpc) is 3.27. The zero-order valence-electron chi connectivity index (χ0n) is 19.3. The van der Waals surface area contributed by atoms with Gasteiger partial charge in [-0.1, -0.05) is 18.2 Å². The summed E-state index contributed by atoms with van der Waals surface area (Å²) in [6.45, 7) is 3.55. The Morgan fingerprint density at radius 2 is 1.74 bits per heavy atom. The van der Waals surface area contributed by atoms with Crippen molar-refractivity contribution in [3.63, 3.8) is 0 Å². The summed E-state index contributed by atoms with van der Waals surface area (Å²) < 4.78 is 23.0. The molecule has 4 rings (SSSR count). The Hall–Kier alpha value is -3.98. The number of ether oxygens (including phenoxy) is 1. The van der Waals surface area contributed by atoms with Crippen LogP contribution in [0, 0.1) is 12.7 Å². The molecule has 2 aromatic heterocycles. The summed E-state index contributed by atoms with van der Waals surface area (Å²) in [5.41, 5.74) is 1.45. The van der Waals surface area contributed by atoms with Crippen LogP contribution < -0.4 is 16.0 Å². The number of benzene rings is 2. The van der Waals surface area contributed by atoms with Crippen LogP contribution in [0.15, 0.2) is 70.8 Å². The fraction of sp³-hybridized carbons (Fsp3) is 0.240. The largest absolute Gasteiger partial charge is 0.495 e. The van der Waals surface area contributed by atoms with E-state index >= 15 is 0 Å². The molecule has 0 saturated heterocycles. The summed E-state index contributed by atoms with van der Waals surface area (Å²) >= 11 is 0. The molecule has 2 atom stereocenters. The molecule has 2 aromatic carbocycles. The van der Waals surface area contributed by atoms with Crippen molar-refractivity contribution in [1.82, 2.24) is 18.7 Å². The van der Waals surface area contributed by atoms with Gasteiger partial charge in [-0.25, -0.2) is 14.2 Å². The van der Waals surface area contributed by atoms with E-state index in [1.54, 1.807) is 36.0 Å². The standard InChI is InChI=1S/C25H25FN4O4/c1-15-12-29(14-27-15)21-10-7-18(11-22(21)34-4)23(31)20-13-28(3)25(33)30(24(20)32)16(2)17-5-8-19(26)9-6-17/h5-14,16,23,31H,1-4H3. The van der Waals surface area contributed by atoms with Crippen molar-refractivity contribution in [2.24, 2.45) is 7.05 Å². The van der Waals surface area contributed by atoms with Gasteiger partial charge in [0.05, 0.1) is 36.4 Å². The zero-order valence-corrected chi connectivity index (χ0v) is 19.3. The Kier molecular flexibility index (Phi) is 6.21. The van der Waals surface area contributed by atoms with E-state index in [2.05, 4.69) is 4.98 Å². The minimum absolute atomic E-state index is 0.0318. The maximum atomic E-state index is 13.4. The SMILES string of the molecule is COc1cc(C(O)c2cn(C)c(=O)n(C(C)c3ccc(F)cc3)c2=O)ccc1-n1cnc(C)c1. The average molecular weight is 464 g/mol. The molecule has 0 fully saturated rings. The molecule has 9 heteroatoms. The second-order valence-corrected chi connectivity index (χ2v) is 8.14. The maximum absolute atomic E-state index is 13.4. The first-order valence-corrected chi connectivity index (χ1v) is 10.7. The first-order valence-electron chi connectivity index (χ1n) is 10.7. The van der Waals surface area contributed by atoms with Crippen LogP contribution in [0.3, 0.4) is 0 Å². The molecule has 0 aliphatic rings. The lowest BCUT2D eigenvalue weighted by Crippen LogP contribution is -2.43. The lowest BCUT2D eigenvalue weighted by Gasteiger charge is -2.20. The summed E-state index contributed by atoms with van der Waals surface area (Å²) in [6.07, 6.45) is 3.53. The van der Waals surface area contributed by atoms with E-state index in [9.17, 15) is 19.1 Å². The Labute approximate surface area is 195 Å². The third-order valence-electron chi connectivity index (χ3n) is 5.85. The Morgan fingerprint density at radius 3 is 2.35 bits per heavy atom. The van der Waals surface area contributed by atoms with E-state index in [-0.39, 0.29) is 5.56 Å². The van der Waals surface area contributed by atoms with Gasteiger partial charge in [0, 0.05) is 19.4 Å². The Bertz CT molecular complexity index is 1450. The Morgan fingerprint density at radius 1 is 1.06 bits per heavy atom. The highest BCUT2D eigenvalue weighted by Gasteiger charge is 2.23. The summed E-state index contributed by atoms with van der Waals surface area (Å²) in [4.78, 5) is 30.4. The number of halogens is 1. The number of methoxy groups -OCH3 is 1. The number of aliphatic hydroxyl groups excluding tert-OH is 1. The molecule has 8 nitrogen and oxygen atoms in total. The molecule has 0 amide bonds. The number of hydrogen-bond donors (Lipinski definition) is 1. The highest BCUT2D eigenvalue weighted by molar-refractivity contribution is 5.50. The van der Waals surface area contributed by atoms with Crippen LogP contribution in [0.1, 0.15) is 41.5 Å². The predicted octanol–water partition coefficient (Wildman–Crippen LogP) is 2.88. The Balaban J connectivity index is 1.78. The van der Waals surface area contributed by atoms with Gasteiger partial charge >= 0.3 is 5.69 Å². The molecule has 0 saturated carbocycles. The van der Waals surface area contributed by atoms with Crippen LogP contribution in [-0.4, -0.2) is 30.9 Å². The second-order valence-electron chi connectivity index (χ2n) is 8.14. The fourth-order valence-corrected chi connectivity index (χ4v) is 3.94. The number of hydrogen-bond acceptors (Lipinski definition) is 5. The summed E-state index contributed by atoms with van der Waals surface area (Å²) in [5.74, 6) is 0.0717. The third kappa shape index (κ3) is 4.17. The lowest BCUT2D eigenvalue weighted by molar-refractivity contribution is 0.215. The zero-order chi connectivity index (χ0) is 24.6. The van der Waals surface area contributed by atoms with Crippen LogP contribution in [0.2, 0.25) is 0 Å². The van der Waals surface area contributed by atoms with Crippen LogP contribution in [-0.2, 0) is 7.05 Å². The molecule has 0 bridgehead atoms. The van der Waals surface area contributed by atoms with Gasteiger partial charge in [-0.2, -0.15) is 0 Å². The first-order chi connectivity index (χ1) is 16.2. The van der Waals surface area contributed by atoms with Gasteiger partial charge in [-0.3, -0.25) is 9.36 Å². The van der Waals surface area contributed by atoms with Gasteiger partial charge in [0.2, 0.25) is 0 Å². The van der Waals surface area contributed by atoms with E-state index in [1.807, 2.05) is 13.1 Å². The molecule has 176 valence electrons. The van der Waals surface area contributed by atoms with Crippen molar-refractivity contribution < 1.29 is 14.2 Å². The fourth-order valence-electron chi connectivity index (χ4n) is 3.94. The van der Waals surface area contributed by atoms with Crippen LogP contribution in [0.4, 0.5) is 4.39 Å². The molecule has 0 spiro atoms. The summed E-state index contributed by atoms with van der Waals surface area (Å²) in [6, 6.07) is 10.0. The van der Waals surface area contributed by atoms with Crippen LogP contribution in [0.25, 0.3) is 5.69 Å². The van der Waals surface area contributed by atoms with Crippen molar-refractivity contribution in [2.75, 3.05) is 7.11 Å². The number of aryl methyl sites for hydroxylation is 2. The van der Waals surface area contributed by atoms with Gasteiger partial charge in [-0.05, 0) is 49.2 Å². The molecule has 0 aliphatic carbocycles. The van der Waals surface area contributed by atoms with Gasteiger partial charge in [0.15, 0.2) is 0 Å². The van der Waals surface area contributed by atoms with Crippen molar-refractivity contribution in [3.8, 4) is 11.4 Å². The van der Waals surface area contributed by atoms with Crippen molar-refractivity contribution in [1.29, 1.82) is 0 Å². The third-order valence-corrected chi connectivity index (χ3v) is 5.85. The minimum Gasteiger partial charge on any atom is -0.495 e. The molecule has 2 unspecified atom stereocenters. The van der Waals surface area contributed by atoms with E-state index in [0.717, 1.165) is 15.9 Å². The van der Waals surface area contributed by atoms with Gasteiger partial charge < -0.3 is 19.0 Å². The highest BCUT2D eigenvalue weighted by atomic mass is 19.1. The maximum Gasteiger partial charge on any atom is 0.331 e. The normalized spacial score (nSPS) is 13.0. The number of imidazole rings is 1. The molecule has 34 heavy (non-hydrogen) atoms. The number of nitrogens with zero attached hydrogens (tertiary/aromatic N) is 4. The van der Waals surface area contributed by atoms with Gasteiger partial charge in [0.25, 0.3) is 5.56 Å². The first kappa shape index (κ1) is 23.2. The van der Waals surface area contributed by atoms with Crippen molar-refractivity contribution >= 4 is 0 Å². The van der Waals surface area contributed by atoms with E-state index < -0.39 is 29.2 Å². The quantitative estimate of drug-likeness (QED) is 0.474. The lowest BCUT2D eigenvalue weighted by atomic mass is 10.0. The van der Waals surface area contributed by atoms with Gasteiger partial charge in [-0.15, -0.1) is 0 Å². The van der Waals surface area contributed by atoms with Crippen LogP contribution in [0.5, 0.6) is 5.75 Å². The highest BCUT2D eigenvalue weighted by Crippen LogP contribution is 2.29. The van der Waals surface area contributed by atoms with E-state index in [4.69, 9.17) is 4.74 Å². The smallest absolute Gasteiger partial charge is 0.331 e. The monoisotopic (exact) mass is 464 g/mol. The molecule has 0 aliphatic heterocycles.